The first-order valence-corrected chi connectivity index (χ1v) is 13.9. The van der Waals surface area contributed by atoms with Gasteiger partial charge in [0.25, 0.3) is 0 Å². The van der Waals surface area contributed by atoms with Gasteiger partial charge in [-0.1, -0.05) is 40.7 Å². The van der Waals surface area contributed by atoms with Crippen molar-refractivity contribution in [2.75, 3.05) is 19.8 Å². The minimum absolute atomic E-state index is 0.000336. The molecule has 0 radical (unpaired) electrons. The van der Waals surface area contributed by atoms with Crippen molar-refractivity contribution in [3.05, 3.63) is 23.8 Å². The van der Waals surface area contributed by atoms with Gasteiger partial charge < -0.3 is 38.9 Å². The van der Waals surface area contributed by atoms with Crippen molar-refractivity contribution in [1.82, 2.24) is 0 Å². The number of esters is 1. The average molecular weight is 584 g/mol. The lowest BCUT2D eigenvalue weighted by Crippen LogP contribution is -2.37. The molecule has 2 N–H and O–H groups in total. The second-order valence-electron chi connectivity index (χ2n) is 10.5. The van der Waals surface area contributed by atoms with Crippen molar-refractivity contribution in [3.8, 4) is 11.5 Å². The third kappa shape index (κ3) is 15.7. The summed E-state index contributed by atoms with van der Waals surface area (Å²) < 4.78 is 35.9. The van der Waals surface area contributed by atoms with Crippen molar-refractivity contribution in [1.29, 1.82) is 0 Å². The quantitative estimate of drug-likeness (QED) is 0.147. The average Bonchev–Trinajstić information content (AvgIpc) is 2.88. The van der Waals surface area contributed by atoms with Gasteiger partial charge in [0, 0.05) is 0 Å². The van der Waals surface area contributed by atoms with Gasteiger partial charge in [0.2, 0.25) is 0 Å². The molecule has 0 heterocycles. The normalized spacial score (nSPS) is 13.1. The molecule has 1 aromatic rings. The van der Waals surface area contributed by atoms with Crippen LogP contribution in [0.1, 0.15) is 73.3 Å². The van der Waals surface area contributed by atoms with Gasteiger partial charge in [0.15, 0.2) is 11.5 Å². The van der Waals surface area contributed by atoms with Crippen LogP contribution in [-0.4, -0.2) is 62.5 Å². The first kappa shape index (κ1) is 35.5. The number of ether oxygens (including phenoxy) is 7. The van der Waals surface area contributed by atoms with E-state index in [-0.39, 0.29) is 43.8 Å². The molecule has 1 rings (SSSR count). The van der Waals surface area contributed by atoms with E-state index in [1.807, 2.05) is 34.6 Å². The maximum atomic E-state index is 12.5. The molecular weight excluding hydrogens is 538 g/mol. The summed E-state index contributed by atoms with van der Waals surface area (Å²) in [6.45, 7) is 13.2. The highest BCUT2D eigenvalue weighted by atomic mass is 16.7. The van der Waals surface area contributed by atoms with Crippen molar-refractivity contribution in [2.24, 2.45) is 17.6 Å². The molecule has 12 heteroatoms. The molecule has 1 aromatic carbocycles. The molecule has 0 fully saturated rings. The number of carbonyl (C=O) groups excluding carboxylic acids is 4. The lowest BCUT2D eigenvalue weighted by Gasteiger charge is -2.18. The molecule has 0 aliphatic rings. The van der Waals surface area contributed by atoms with E-state index in [1.165, 1.54) is 12.1 Å². The summed E-state index contributed by atoms with van der Waals surface area (Å²) in [5.41, 5.74) is 6.52. The molecule has 0 saturated carbocycles. The summed E-state index contributed by atoms with van der Waals surface area (Å²) in [5.74, 6) is -0.268. The van der Waals surface area contributed by atoms with Gasteiger partial charge in [0.1, 0.15) is 24.9 Å². The summed E-state index contributed by atoms with van der Waals surface area (Å²) in [7, 11) is 0. The Morgan fingerprint density at radius 3 is 1.83 bits per heavy atom. The molecule has 1 unspecified atom stereocenters. The zero-order valence-electron chi connectivity index (χ0n) is 25.1. The minimum Gasteiger partial charge on any atom is -0.458 e. The van der Waals surface area contributed by atoms with Crippen LogP contribution in [-0.2, 0) is 34.9 Å². The van der Waals surface area contributed by atoms with Gasteiger partial charge >= 0.3 is 24.4 Å². The van der Waals surface area contributed by atoms with Crippen molar-refractivity contribution >= 4 is 24.4 Å². The predicted molar refractivity (Wildman–Crippen MR) is 149 cm³/mol. The summed E-state index contributed by atoms with van der Waals surface area (Å²) in [6.07, 6.45) is -1.93. The van der Waals surface area contributed by atoms with Crippen LogP contribution in [0.25, 0.3) is 0 Å². The van der Waals surface area contributed by atoms with Crippen molar-refractivity contribution < 1.29 is 52.3 Å². The molecular formula is C29H45NO11. The van der Waals surface area contributed by atoms with E-state index >= 15 is 0 Å². The van der Waals surface area contributed by atoms with Gasteiger partial charge in [0.05, 0.1) is 13.2 Å². The Balaban J connectivity index is 2.84. The number of benzene rings is 1. The largest absolute Gasteiger partial charge is 0.513 e. The SMILES string of the molecule is CCC(C)OC(=O)OC[C@H](C)OC(=O)[C@@H](N)Cc1ccc(OC(=O)OCCC(C)C)c(OC(=O)OCCC(C)C)c1. The molecule has 0 aromatic heterocycles. The van der Waals surface area contributed by atoms with Crippen LogP contribution in [0.15, 0.2) is 18.2 Å². The smallest absolute Gasteiger partial charge is 0.458 e. The number of hydrogen-bond donors (Lipinski definition) is 1. The van der Waals surface area contributed by atoms with E-state index in [2.05, 4.69) is 0 Å². The minimum atomic E-state index is -1.09. The lowest BCUT2D eigenvalue weighted by molar-refractivity contribution is -0.152. The lowest BCUT2D eigenvalue weighted by atomic mass is 10.1. The monoisotopic (exact) mass is 583 g/mol. The van der Waals surface area contributed by atoms with E-state index in [1.54, 1.807) is 19.9 Å². The first-order valence-electron chi connectivity index (χ1n) is 13.9. The Bertz CT molecular complexity index is 980. The molecule has 41 heavy (non-hydrogen) atoms. The Labute approximate surface area is 242 Å². The molecule has 0 aliphatic heterocycles. The van der Waals surface area contributed by atoms with Crippen LogP contribution >= 0.6 is 0 Å². The van der Waals surface area contributed by atoms with Crippen LogP contribution < -0.4 is 15.2 Å². The van der Waals surface area contributed by atoms with Gasteiger partial charge in [-0.15, -0.1) is 0 Å². The Morgan fingerprint density at radius 2 is 1.29 bits per heavy atom. The summed E-state index contributed by atoms with van der Waals surface area (Å²) >= 11 is 0. The number of rotatable bonds is 16. The van der Waals surface area contributed by atoms with E-state index < -0.39 is 36.6 Å². The van der Waals surface area contributed by atoms with Crippen molar-refractivity contribution in [3.63, 3.8) is 0 Å². The standard InChI is InChI=1S/C29H45NO11/c1-8-20(6)39-29(34)37-17-21(7)38-26(31)23(30)15-22-9-10-24(40-27(32)35-13-11-18(2)3)25(16-22)41-28(33)36-14-12-19(4)5/h9-10,16,18-21,23H,8,11-15,17,30H2,1-7H3/t20?,21-,23-/m0/s1. The third-order valence-corrected chi connectivity index (χ3v) is 5.61. The van der Waals surface area contributed by atoms with E-state index in [9.17, 15) is 19.2 Å². The summed E-state index contributed by atoms with van der Waals surface area (Å²) in [4.78, 5) is 48.6. The number of hydrogen-bond acceptors (Lipinski definition) is 12. The van der Waals surface area contributed by atoms with Crippen molar-refractivity contribution in [2.45, 2.75) is 92.4 Å². The van der Waals surface area contributed by atoms with Crippen LogP contribution in [0, 0.1) is 11.8 Å². The molecule has 12 nitrogen and oxygen atoms in total. The fourth-order valence-corrected chi connectivity index (χ4v) is 2.96. The molecule has 0 bridgehead atoms. The predicted octanol–water partition coefficient (Wildman–Crippen LogP) is 5.56. The highest BCUT2D eigenvalue weighted by Crippen LogP contribution is 2.30. The highest BCUT2D eigenvalue weighted by Gasteiger charge is 2.22. The zero-order valence-corrected chi connectivity index (χ0v) is 25.1. The highest BCUT2D eigenvalue weighted by molar-refractivity contribution is 5.76. The van der Waals surface area contributed by atoms with E-state index in [0.29, 0.717) is 36.7 Å². The molecule has 232 valence electrons. The van der Waals surface area contributed by atoms with Gasteiger partial charge in [-0.3, -0.25) is 4.79 Å². The molecule has 0 saturated heterocycles. The zero-order chi connectivity index (χ0) is 30.9. The maximum Gasteiger partial charge on any atom is 0.513 e. The first-order chi connectivity index (χ1) is 19.3. The summed E-state index contributed by atoms with van der Waals surface area (Å²) in [5, 5.41) is 0. The van der Waals surface area contributed by atoms with Gasteiger partial charge in [-0.2, -0.15) is 0 Å². The molecule has 3 atom stereocenters. The van der Waals surface area contributed by atoms with Crippen LogP contribution in [0.4, 0.5) is 14.4 Å². The topological polar surface area (TPSA) is 159 Å². The van der Waals surface area contributed by atoms with E-state index in [4.69, 9.17) is 38.9 Å². The van der Waals surface area contributed by atoms with Crippen LogP contribution in [0.2, 0.25) is 0 Å². The van der Waals surface area contributed by atoms with Gasteiger partial charge in [-0.05, 0) is 69.1 Å². The Morgan fingerprint density at radius 1 is 0.732 bits per heavy atom. The molecule has 0 spiro atoms. The van der Waals surface area contributed by atoms with E-state index in [0.717, 1.165) is 0 Å². The Kier molecular flexibility index (Phi) is 16.2. The second-order valence-corrected chi connectivity index (χ2v) is 10.5. The third-order valence-electron chi connectivity index (χ3n) is 5.61. The molecule has 0 amide bonds. The molecule has 0 aliphatic carbocycles. The van der Waals surface area contributed by atoms with Crippen LogP contribution in [0.5, 0.6) is 11.5 Å². The maximum absolute atomic E-state index is 12.5. The fraction of sp³-hybridized carbons (Fsp3) is 0.655. The summed E-state index contributed by atoms with van der Waals surface area (Å²) in [6, 6.07) is 3.26. The van der Waals surface area contributed by atoms with Gasteiger partial charge in [-0.25, -0.2) is 14.4 Å². The number of carbonyl (C=O) groups is 4. The fourth-order valence-electron chi connectivity index (χ4n) is 2.96. The Hall–Kier alpha value is -3.54. The van der Waals surface area contributed by atoms with Crippen LogP contribution in [0.3, 0.4) is 0 Å². The second kappa shape index (κ2) is 18.7. The number of nitrogens with two attached hydrogens (primary N) is 1.